The van der Waals surface area contributed by atoms with Crippen molar-refractivity contribution in [3.05, 3.63) is 42.0 Å². The molecule has 2 aromatic rings. The maximum atomic E-state index is 11.9. The molecule has 1 heterocycles. The molecule has 0 radical (unpaired) electrons. The molecule has 0 bridgehead atoms. The van der Waals surface area contributed by atoms with Crippen molar-refractivity contribution in [2.24, 2.45) is 0 Å². The van der Waals surface area contributed by atoms with Gasteiger partial charge in [-0.25, -0.2) is 0 Å². The van der Waals surface area contributed by atoms with Crippen LogP contribution in [-0.4, -0.2) is 33.5 Å². The third kappa shape index (κ3) is 3.57. The van der Waals surface area contributed by atoms with Crippen molar-refractivity contribution in [1.29, 1.82) is 0 Å². The lowest BCUT2D eigenvalue weighted by Gasteiger charge is -2.07. The molecule has 0 saturated carbocycles. The van der Waals surface area contributed by atoms with Crippen molar-refractivity contribution >= 4 is 17.7 Å². The fourth-order valence-electron chi connectivity index (χ4n) is 1.67. The summed E-state index contributed by atoms with van der Waals surface area (Å²) in [6.07, 6.45) is 3.67. The zero-order valence-corrected chi connectivity index (χ0v) is 11.8. The Bertz CT molecular complexity index is 550. The summed E-state index contributed by atoms with van der Waals surface area (Å²) in [6, 6.07) is 7.57. The molecule has 5 nitrogen and oxygen atoms in total. The van der Waals surface area contributed by atoms with Crippen molar-refractivity contribution in [2.45, 2.75) is 18.4 Å². The summed E-state index contributed by atoms with van der Waals surface area (Å²) in [5, 5.41) is 10.6. The van der Waals surface area contributed by atoms with Crippen LogP contribution in [0.15, 0.2) is 35.5 Å². The minimum absolute atomic E-state index is 0.0571. The van der Waals surface area contributed by atoms with E-state index in [4.69, 9.17) is 0 Å². The Balaban J connectivity index is 1.85. The Kier molecular flexibility index (Phi) is 4.57. The summed E-state index contributed by atoms with van der Waals surface area (Å²) < 4.78 is 1.90. The lowest BCUT2D eigenvalue weighted by molar-refractivity contribution is 0.0952. The van der Waals surface area contributed by atoms with Crippen LogP contribution in [0, 0.1) is 6.92 Å². The van der Waals surface area contributed by atoms with Gasteiger partial charge in [0.2, 0.25) is 0 Å². The predicted octanol–water partition coefficient (Wildman–Crippen LogP) is 1.74. The summed E-state index contributed by atoms with van der Waals surface area (Å²) in [5.41, 5.74) is 0.679. The fourth-order valence-corrected chi connectivity index (χ4v) is 2.07. The van der Waals surface area contributed by atoms with Crippen LogP contribution >= 0.6 is 11.8 Å². The standard InChI is InChI=1S/C13H16N4OS/c1-10-16-15-9-17(10)8-7-14-13(18)11-3-5-12(19-2)6-4-11/h3-6,9H,7-8H2,1-2H3,(H,14,18). The first-order chi connectivity index (χ1) is 9.20. The smallest absolute Gasteiger partial charge is 0.251 e. The minimum Gasteiger partial charge on any atom is -0.350 e. The van der Waals surface area contributed by atoms with Crippen LogP contribution in [0.3, 0.4) is 0 Å². The molecule has 1 N–H and O–H groups in total. The monoisotopic (exact) mass is 276 g/mol. The van der Waals surface area contributed by atoms with E-state index in [0.29, 0.717) is 18.7 Å². The molecule has 6 heteroatoms. The van der Waals surface area contributed by atoms with Crippen molar-refractivity contribution in [3.63, 3.8) is 0 Å². The summed E-state index contributed by atoms with van der Waals surface area (Å²) in [5.74, 6) is 0.789. The molecule has 0 fully saturated rings. The maximum absolute atomic E-state index is 11.9. The van der Waals surface area contributed by atoms with E-state index < -0.39 is 0 Å². The molecule has 0 aliphatic carbocycles. The van der Waals surface area contributed by atoms with Gasteiger partial charge >= 0.3 is 0 Å². The van der Waals surface area contributed by atoms with E-state index in [0.717, 1.165) is 10.7 Å². The number of aryl methyl sites for hydroxylation is 1. The molecule has 2 rings (SSSR count). The van der Waals surface area contributed by atoms with E-state index in [9.17, 15) is 4.79 Å². The summed E-state index contributed by atoms with van der Waals surface area (Å²) in [7, 11) is 0. The lowest BCUT2D eigenvalue weighted by atomic mass is 10.2. The second kappa shape index (κ2) is 6.38. The van der Waals surface area contributed by atoms with Gasteiger partial charge in [0, 0.05) is 23.5 Å². The fraction of sp³-hybridized carbons (Fsp3) is 0.308. The van der Waals surface area contributed by atoms with E-state index >= 15 is 0 Å². The molecule has 0 saturated heterocycles. The average molecular weight is 276 g/mol. The Hall–Kier alpha value is -1.82. The third-order valence-electron chi connectivity index (χ3n) is 2.80. The minimum atomic E-state index is -0.0571. The number of thioether (sulfide) groups is 1. The van der Waals surface area contributed by atoms with Gasteiger partial charge in [-0.1, -0.05) is 0 Å². The van der Waals surface area contributed by atoms with Crippen molar-refractivity contribution in [3.8, 4) is 0 Å². The molecule has 1 aromatic heterocycles. The van der Waals surface area contributed by atoms with E-state index in [2.05, 4.69) is 15.5 Å². The molecular formula is C13H16N4OS. The second-order valence-corrected chi connectivity index (χ2v) is 4.94. The zero-order chi connectivity index (χ0) is 13.7. The SMILES string of the molecule is CSc1ccc(C(=O)NCCn2cnnc2C)cc1. The first-order valence-corrected chi connectivity index (χ1v) is 7.20. The van der Waals surface area contributed by atoms with E-state index in [-0.39, 0.29) is 5.91 Å². The highest BCUT2D eigenvalue weighted by Gasteiger charge is 2.05. The van der Waals surface area contributed by atoms with Gasteiger partial charge in [0.25, 0.3) is 5.91 Å². The van der Waals surface area contributed by atoms with Crippen LogP contribution in [0.25, 0.3) is 0 Å². The molecule has 1 aromatic carbocycles. The number of rotatable bonds is 5. The first-order valence-electron chi connectivity index (χ1n) is 5.97. The molecule has 100 valence electrons. The Morgan fingerprint density at radius 3 is 2.68 bits per heavy atom. The van der Waals surface area contributed by atoms with Gasteiger partial charge in [0.15, 0.2) is 0 Å². The van der Waals surface area contributed by atoms with Gasteiger partial charge < -0.3 is 9.88 Å². The number of nitrogens with one attached hydrogen (secondary N) is 1. The number of hydrogen-bond acceptors (Lipinski definition) is 4. The topological polar surface area (TPSA) is 59.8 Å². The van der Waals surface area contributed by atoms with E-state index in [1.54, 1.807) is 18.1 Å². The van der Waals surface area contributed by atoms with Crippen molar-refractivity contribution < 1.29 is 4.79 Å². The molecule has 1 amide bonds. The zero-order valence-electron chi connectivity index (χ0n) is 11.0. The van der Waals surface area contributed by atoms with Gasteiger partial charge in [-0.2, -0.15) is 0 Å². The van der Waals surface area contributed by atoms with Gasteiger partial charge in [-0.05, 0) is 37.4 Å². The van der Waals surface area contributed by atoms with Crippen LogP contribution in [0.4, 0.5) is 0 Å². The van der Waals surface area contributed by atoms with E-state index in [1.165, 1.54) is 0 Å². The molecule has 0 aliphatic rings. The number of hydrogen-bond donors (Lipinski definition) is 1. The van der Waals surface area contributed by atoms with Gasteiger partial charge in [-0.3, -0.25) is 4.79 Å². The molecule has 0 unspecified atom stereocenters. The summed E-state index contributed by atoms with van der Waals surface area (Å²) >= 11 is 1.66. The summed E-state index contributed by atoms with van der Waals surface area (Å²) in [4.78, 5) is 13.0. The van der Waals surface area contributed by atoms with Gasteiger partial charge in [0.05, 0.1) is 0 Å². The first kappa shape index (κ1) is 13.6. The number of amides is 1. The molecular weight excluding hydrogens is 260 g/mol. The van der Waals surface area contributed by atoms with Gasteiger partial charge in [-0.15, -0.1) is 22.0 Å². The Morgan fingerprint density at radius 1 is 1.37 bits per heavy atom. The lowest BCUT2D eigenvalue weighted by Crippen LogP contribution is -2.27. The number of aromatic nitrogens is 3. The predicted molar refractivity (Wildman–Crippen MR) is 75.3 cm³/mol. The highest BCUT2D eigenvalue weighted by atomic mass is 32.2. The third-order valence-corrected chi connectivity index (χ3v) is 3.54. The summed E-state index contributed by atoms with van der Waals surface area (Å²) in [6.45, 7) is 3.12. The van der Waals surface area contributed by atoms with Crippen LogP contribution in [0.1, 0.15) is 16.2 Å². The van der Waals surface area contributed by atoms with Crippen LogP contribution < -0.4 is 5.32 Å². The normalized spacial score (nSPS) is 10.4. The van der Waals surface area contributed by atoms with E-state index in [1.807, 2.05) is 42.0 Å². The molecule has 0 spiro atoms. The Labute approximate surface area is 116 Å². The maximum Gasteiger partial charge on any atom is 0.251 e. The largest absolute Gasteiger partial charge is 0.350 e. The molecule has 0 aliphatic heterocycles. The average Bonchev–Trinajstić information content (AvgIpc) is 2.84. The van der Waals surface area contributed by atoms with Crippen LogP contribution in [0.2, 0.25) is 0 Å². The van der Waals surface area contributed by atoms with Crippen molar-refractivity contribution in [2.75, 3.05) is 12.8 Å². The number of nitrogens with zero attached hydrogens (tertiary/aromatic N) is 3. The Morgan fingerprint density at radius 2 is 2.11 bits per heavy atom. The second-order valence-electron chi connectivity index (χ2n) is 4.06. The quantitative estimate of drug-likeness (QED) is 0.845. The number of benzene rings is 1. The highest BCUT2D eigenvalue weighted by Crippen LogP contribution is 2.14. The number of carbonyl (C=O) groups is 1. The molecule has 19 heavy (non-hydrogen) atoms. The molecule has 0 atom stereocenters. The van der Waals surface area contributed by atoms with Crippen LogP contribution in [0.5, 0.6) is 0 Å². The highest BCUT2D eigenvalue weighted by molar-refractivity contribution is 7.98. The van der Waals surface area contributed by atoms with Gasteiger partial charge in [0.1, 0.15) is 12.2 Å². The number of carbonyl (C=O) groups excluding carboxylic acids is 1. The van der Waals surface area contributed by atoms with Crippen molar-refractivity contribution in [1.82, 2.24) is 20.1 Å². The van der Waals surface area contributed by atoms with Crippen LogP contribution in [-0.2, 0) is 6.54 Å².